The molecule has 0 unspecified atom stereocenters. The van der Waals surface area contributed by atoms with Crippen molar-refractivity contribution in [2.24, 2.45) is 0 Å². The van der Waals surface area contributed by atoms with Crippen molar-refractivity contribution in [2.45, 2.75) is 51.5 Å². The van der Waals surface area contributed by atoms with E-state index in [0.29, 0.717) is 18.3 Å². The third-order valence-corrected chi connectivity index (χ3v) is 6.09. The monoisotopic (exact) mass is 429 g/mol. The Labute approximate surface area is 190 Å². The highest BCUT2D eigenvalue weighted by Crippen LogP contribution is 2.30. The molecule has 166 valence electrons. The second kappa shape index (κ2) is 9.54. The molecule has 0 radical (unpaired) electrons. The van der Waals surface area contributed by atoms with E-state index in [1.54, 1.807) is 12.4 Å². The summed E-state index contributed by atoms with van der Waals surface area (Å²) in [6.07, 6.45) is 7.10. The summed E-state index contributed by atoms with van der Waals surface area (Å²) in [6.45, 7) is 9.51. The number of nitrogens with zero attached hydrogens (tertiary/aromatic N) is 4. The first kappa shape index (κ1) is 22.0. The van der Waals surface area contributed by atoms with Gasteiger partial charge < -0.3 is 9.73 Å². The largest absolute Gasteiger partial charge is 0.419 e. The standard InChI is InChI=1S/C26H31N5O/c1-26(2,3)21-11-9-19(10-12-21)23(31-14-5-4-6-15-31)18-29-25-22(16-27)30-24(32-25)20-8-7-13-28-17-20/h7-13,17,23,29H,4-6,14-15,18H2,1-3H3/t23-/m1/s1. The molecule has 3 heterocycles. The molecule has 6 nitrogen and oxygen atoms in total. The van der Waals surface area contributed by atoms with Crippen LogP contribution in [0.15, 0.2) is 53.2 Å². The van der Waals surface area contributed by atoms with Crippen LogP contribution in [0.1, 0.15) is 62.9 Å². The van der Waals surface area contributed by atoms with E-state index in [2.05, 4.69) is 71.3 Å². The van der Waals surface area contributed by atoms with Crippen LogP contribution >= 0.6 is 0 Å². The first-order valence-corrected chi connectivity index (χ1v) is 11.4. The van der Waals surface area contributed by atoms with E-state index < -0.39 is 0 Å². The van der Waals surface area contributed by atoms with E-state index in [1.165, 1.54) is 30.4 Å². The Morgan fingerprint density at radius 1 is 1.12 bits per heavy atom. The number of nitrogens with one attached hydrogen (secondary N) is 1. The molecule has 0 saturated carbocycles. The van der Waals surface area contributed by atoms with Crippen LogP contribution in [0.3, 0.4) is 0 Å². The predicted octanol–water partition coefficient (Wildman–Crippen LogP) is 5.54. The van der Waals surface area contributed by atoms with Crippen molar-refractivity contribution in [3.8, 4) is 17.5 Å². The van der Waals surface area contributed by atoms with Crippen LogP contribution in [-0.2, 0) is 5.41 Å². The molecular formula is C26H31N5O. The van der Waals surface area contributed by atoms with Crippen LogP contribution in [0.2, 0.25) is 0 Å². The number of oxazole rings is 1. The van der Waals surface area contributed by atoms with Crippen molar-refractivity contribution in [1.29, 1.82) is 5.26 Å². The predicted molar refractivity (Wildman–Crippen MR) is 126 cm³/mol. The molecule has 1 aromatic carbocycles. The molecule has 0 amide bonds. The van der Waals surface area contributed by atoms with Gasteiger partial charge in [-0.3, -0.25) is 9.88 Å². The van der Waals surface area contributed by atoms with Crippen molar-refractivity contribution in [2.75, 3.05) is 25.0 Å². The first-order chi connectivity index (χ1) is 15.5. The third-order valence-electron chi connectivity index (χ3n) is 6.09. The maximum atomic E-state index is 9.58. The maximum absolute atomic E-state index is 9.58. The van der Waals surface area contributed by atoms with E-state index in [-0.39, 0.29) is 17.2 Å². The number of anilines is 1. The van der Waals surface area contributed by atoms with E-state index in [9.17, 15) is 5.26 Å². The lowest BCUT2D eigenvalue weighted by Crippen LogP contribution is -2.37. The average molecular weight is 430 g/mol. The molecule has 2 aromatic heterocycles. The molecule has 0 spiro atoms. The fraction of sp³-hybridized carbons (Fsp3) is 0.423. The van der Waals surface area contributed by atoms with Gasteiger partial charge >= 0.3 is 0 Å². The van der Waals surface area contributed by atoms with Crippen LogP contribution in [-0.4, -0.2) is 34.5 Å². The summed E-state index contributed by atoms with van der Waals surface area (Å²) in [6, 6.07) is 15.0. The van der Waals surface area contributed by atoms with Gasteiger partial charge in [-0.15, -0.1) is 0 Å². The average Bonchev–Trinajstić information content (AvgIpc) is 3.24. The van der Waals surface area contributed by atoms with Crippen molar-refractivity contribution >= 4 is 5.88 Å². The Morgan fingerprint density at radius 3 is 2.50 bits per heavy atom. The van der Waals surface area contributed by atoms with Gasteiger partial charge in [0.05, 0.1) is 11.6 Å². The zero-order valence-electron chi connectivity index (χ0n) is 19.1. The van der Waals surface area contributed by atoms with Gasteiger partial charge in [0.25, 0.3) is 0 Å². The molecule has 4 rings (SSSR count). The van der Waals surface area contributed by atoms with Gasteiger partial charge in [-0.25, -0.2) is 0 Å². The number of nitriles is 1. The smallest absolute Gasteiger partial charge is 0.232 e. The molecule has 1 atom stereocenters. The Morgan fingerprint density at radius 2 is 1.88 bits per heavy atom. The van der Waals surface area contributed by atoms with Gasteiger partial charge in [0.1, 0.15) is 6.07 Å². The molecule has 1 saturated heterocycles. The van der Waals surface area contributed by atoms with Gasteiger partial charge in [-0.2, -0.15) is 10.2 Å². The van der Waals surface area contributed by atoms with Crippen molar-refractivity contribution < 1.29 is 4.42 Å². The molecule has 0 bridgehead atoms. The minimum absolute atomic E-state index is 0.127. The maximum Gasteiger partial charge on any atom is 0.232 e. The molecular weight excluding hydrogens is 398 g/mol. The number of hydrogen-bond acceptors (Lipinski definition) is 6. The Balaban J connectivity index is 1.57. The van der Waals surface area contributed by atoms with E-state index >= 15 is 0 Å². The van der Waals surface area contributed by atoms with Crippen LogP contribution in [0.5, 0.6) is 0 Å². The minimum Gasteiger partial charge on any atom is -0.419 e. The molecule has 3 aromatic rings. The molecule has 1 fully saturated rings. The summed E-state index contributed by atoms with van der Waals surface area (Å²) < 4.78 is 5.93. The van der Waals surface area contributed by atoms with E-state index in [0.717, 1.165) is 18.7 Å². The SMILES string of the molecule is CC(C)(C)c1ccc([C@@H](CNc2oc(-c3cccnc3)nc2C#N)N2CCCCC2)cc1. The van der Waals surface area contributed by atoms with E-state index in [1.807, 2.05) is 12.1 Å². The zero-order valence-corrected chi connectivity index (χ0v) is 19.1. The molecule has 1 aliphatic heterocycles. The van der Waals surface area contributed by atoms with Crippen LogP contribution in [0.4, 0.5) is 5.88 Å². The van der Waals surface area contributed by atoms with Crippen molar-refractivity contribution in [1.82, 2.24) is 14.9 Å². The lowest BCUT2D eigenvalue weighted by atomic mass is 9.86. The van der Waals surface area contributed by atoms with Gasteiger partial charge in [-0.1, -0.05) is 51.5 Å². The molecule has 6 heteroatoms. The summed E-state index contributed by atoms with van der Waals surface area (Å²) in [5, 5.41) is 13.0. The zero-order chi connectivity index (χ0) is 22.6. The number of aromatic nitrogens is 2. The highest BCUT2D eigenvalue weighted by molar-refractivity contribution is 5.57. The molecule has 1 N–H and O–H groups in total. The number of piperidine rings is 1. The quantitative estimate of drug-likeness (QED) is 0.554. The van der Waals surface area contributed by atoms with Crippen LogP contribution in [0.25, 0.3) is 11.5 Å². The molecule has 1 aliphatic rings. The summed E-state index contributed by atoms with van der Waals surface area (Å²) >= 11 is 0. The van der Waals surface area contributed by atoms with Gasteiger partial charge in [0.2, 0.25) is 17.5 Å². The van der Waals surface area contributed by atoms with Crippen molar-refractivity contribution in [3.63, 3.8) is 0 Å². The number of pyridine rings is 1. The second-order valence-electron chi connectivity index (χ2n) is 9.42. The number of hydrogen-bond donors (Lipinski definition) is 1. The highest BCUT2D eigenvalue weighted by atomic mass is 16.4. The topological polar surface area (TPSA) is 78.0 Å². The van der Waals surface area contributed by atoms with Crippen LogP contribution < -0.4 is 5.32 Å². The Bertz CT molecular complexity index is 1050. The van der Waals surface area contributed by atoms with Crippen molar-refractivity contribution in [3.05, 3.63) is 65.6 Å². The molecule has 0 aliphatic carbocycles. The number of likely N-dealkylation sites (tertiary alicyclic amines) is 1. The van der Waals surface area contributed by atoms with Gasteiger partial charge in [0, 0.05) is 18.9 Å². The summed E-state index contributed by atoms with van der Waals surface area (Å²) in [4.78, 5) is 11.0. The fourth-order valence-electron chi connectivity index (χ4n) is 4.21. The lowest BCUT2D eigenvalue weighted by Gasteiger charge is -2.35. The fourth-order valence-corrected chi connectivity index (χ4v) is 4.21. The minimum atomic E-state index is 0.127. The highest BCUT2D eigenvalue weighted by Gasteiger charge is 2.24. The number of benzene rings is 1. The number of rotatable bonds is 6. The van der Waals surface area contributed by atoms with E-state index in [4.69, 9.17) is 4.42 Å². The summed E-state index contributed by atoms with van der Waals surface area (Å²) in [7, 11) is 0. The first-order valence-electron chi connectivity index (χ1n) is 11.4. The third kappa shape index (κ3) is 5.00. The second-order valence-corrected chi connectivity index (χ2v) is 9.42. The lowest BCUT2D eigenvalue weighted by molar-refractivity contribution is 0.170. The van der Waals surface area contributed by atoms with Crippen LogP contribution in [0, 0.1) is 11.3 Å². The van der Waals surface area contributed by atoms with Gasteiger partial charge in [0.15, 0.2) is 0 Å². The van der Waals surface area contributed by atoms with Gasteiger partial charge in [-0.05, 0) is 54.6 Å². The molecule has 32 heavy (non-hydrogen) atoms. The summed E-state index contributed by atoms with van der Waals surface area (Å²) in [5.74, 6) is 0.820. The summed E-state index contributed by atoms with van der Waals surface area (Å²) in [5.41, 5.74) is 3.75. The Hall–Kier alpha value is -3.17. The Kier molecular flexibility index (Phi) is 6.57. The normalized spacial score (nSPS) is 15.8.